The van der Waals surface area contributed by atoms with E-state index in [-0.39, 0.29) is 10.7 Å². The zero-order valence-corrected chi connectivity index (χ0v) is 14.8. The summed E-state index contributed by atoms with van der Waals surface area (Å²) >= 11 is 5.91. The highest BCUT2D eigenvalue weighted by atomic mass is 35.5. The lowest BCUT2D eigenvalue weighted by Gasteiger charge is -2.31. The summed E-state index contributed by atoms with van der Waals surface area (Å²) in [4.78, 5) is 0. The maximum absolute atomic E-state index is 12.8. The molecule has 3 atom stereocenters. The fourth-order valence-electron chi connectivity index (χ4n) is 3.18. The molecule has 0 saturated heterocycles. The molecule has 0 heterocycles. The molecule has 2 rings (SSSR count). The monoisotopic (exact) mass is 327 g/mol. The minimum absolute atomic E-state index is 0.232. The molecule has 0 spiro atoms. The molecule has 1 aliphatic rings. The van der Waals surface area contributed by atoms with E-state index < -0.39 is 10.8 Å². The van der Waals surface area contributed by atoms with Gasteiger partial charge < -0.3 is 5.32 Å². The van der Waals surface area contributed by atoms with Crippen LogP contribution in [0.5, 0.6) is 0 Å². The Hall–Kier alpha value is -0.380. The van der Waals surface area contributed by atoms with E-state index in [2.05, 4.69) is 26.1 Å². The first-order valence-corrected chi connectivity index (χ1v) is 9.55. The molecule has 4 heteroatoms. The molecule has 0 amide bonds. The molecule has 21 heavy (non-hydrogen) atoms. The van der Waals surface area contributed by atoms with Crippen molar-refractivity contribution in [1.82, 2.24) is 5.32 Å². The number of rotatable bonds is 6. The normalized spacial score (nSPS) is 25.9. The molecular weight excluding hydrogens is 302 g/mol. The average molecular weight is 328 g/mol. The van der Waals surface area contributed by atoms with E-state index in [0.29, 0.717) is 11.8 Å². The van der Waals surface area contributed by atoms with Crippen LogP contribution < -0.4 is 5.32 Å². The molecule has 1 saturated carbocycles. The third-order valence-electron chi connectivity index (χ3n) is 4.46. The van der Waals surface area contributed by atoms with Crippen LogP contribution in [0.3, 0.4) is 0 Å². The van der Waals surface area contributed by atoms with Gasteiger partial charge in [0.25, 0.3) is 0 Å². The van der Waals surface area contributed by atoms with Gasteiger partial charge in [0.05, 0.1) is 5.25 Å². The van der Waals surface area contributed by atoms with Crippen LogP contribution in [0.25, 0.3) is 0 Å². The van der Waals surface area contributed by atoms with E-state index in [9.17, 15) is 4.21 Å². The van der Waals surface area contributed by atoms with Crippen molar-refractivity contribution in [2.45, 2.75) is 57.1 Å². The fourth-order valence-corrected chi connectivity index (χ4v) is 5.19. The van der Waals surface area contributed by atoms with Gasteiger partial charge in [0.1, 0.15) is 0 Å². The molecule has 0 radical (unpaired) electrons. The lowest BCUT2D eigenvalue weighted by Crippen LogP contribution is -2.46. The zero-order chi connectivity index (χ0) is 15.5. The number of hydrogen-bond donors (Lipinski definition) is 1. The van der Waals surface area contributed by atoms with Crippen molar-refractivity contribution in [3.63, 3.8) is 0 Å². The van der Waals surface area contributed by atoms with Crippen molar-refractivity contribution in [2.24, 2.45) is 5.41 Å². The minimum atomic E-state index is -0.839. The van der Waals surface area contributed by atoms with Crippen LogP contribution in [0.4, 0.5) is 0 Å². The van der Waals surface area contributed by atoms with Crippen LogP contribution in [0.15, 0.2) is 24.3 Å². The van der Waals surface area contributed by atoms with Crippen molar-refractivity contribution in [3.8, 4) is 0 Å². The van der Waals surface area contributed by atoms with Crippen molar-refractivity contribution in [2.75, 3.05) is 6.54 Å². The summed E-state index contributed by atoms with van der Waals surface area (Å²) in [5.74, 6) is 0.627. The molecule has 0 aromatic heterocycles. The van der Waals surface area contributed by atoms with E-state index in [1.54, 1.807) is 0 Å². The standard InChI is InChI=1S/C17H26ClNOS/c1-4-11-19-16-15(9-10-17(16,2)3)21(20)12-13-5-7-14(18)8-6-13/h5-8,15-16,19H,4,9-12H2,1-3H3. The topological polar surface area (TPSA) is 29.1 Å². The summed E-state index contributed by atoms with van der Waals surface area (Å²) in [7, 11) is -0.839. The lowest BCUT2D eigenvalue weighted by molar-refractivity contribution is 0.286. The molecule has 1 N–H and O–H groups in total. The third-order valence-corrected chi connectivity index (χ3v) is 6.51. The Bertz CT molecular complexity index is 486. The van der Waals surface area contributed by atoms with Gasteiger partial charge in [0.2, 0.25) is 0 Å². The Morgan fingerprint density at radius 1 is 1.33 bits per heavy atom. The first kappa shape index (κ1) is 17.0. The summed E-state index contributed by atoms with van der Waals surface area (Å²) in [5, 5.41) is 4.62. The summed E-state index contributed by atoms with van der Waals surface area (Å²) < 4.78 is 12.8. The maximum Gasteiger partial charge on any atom is 0.0510 e. The first-order valence-electron chi connectivity index (χ1n) is 7.79. The summed E-state index contributed by atoms with van der Waals surface area (Å²) in [6, 6.07) is 8.06. The highest BCUT2D eigenvalue weighted by Gasteiger charge is 2.44. The van der Waals surface area contributed by atoms with E-state index in [0.717, 1.165) is 36.4 Å². The number of nitrogens with one attached hydrogen (secondary N) is 1. The van der Waals surface area contributed by atoms with Crippen LogP contribution in [0, 0.1) is 5.41 Å². The molecule has 1 fully saturated rings. The van der Waals surface area contributed by atoms with Gasteiger partial charge in [0, 0.05) is 27.6 Å². The van der Waals surface area contributed by atoms with Gasteiger partial charge in [-0.3, -0.25) is 4.21 Å². The molecule has 1 aromatic carbocycles. The van der Waals surface area contributed by atoms with Crippen LogP contribution >= 0.6 is 11.6 Å². The van der Waals surface area contributed by atoms with E-state index in [1.165, 1.54) is 0 Å². The van der Waals surface area contributed by atoms with Crippen molar-refractivity contribution in [3.05, 3.63) is 34.9 Å². The summed E-state index contributed by atoms with van der Waals surface area (Å²) in [6.07, 6.45) is 3.31. The van der Waals surface area contributed by atoms with Gasteiger partial charge in [0.15, 0.2) is 0 Å². The number of hydrogen-bond acceptors (Lipinski definition) is 2. The van der Waals surface area contributed by atoms with Crippen LogP contribution in [-0.2, 0) is 16.6 Å². The number of benzene rings is 1. The second-order valence-corrected chi connectivity index (χ2v) is 8.74. The zero-order valence-electron chi connectivity index (χ0n) is 13.2. The van der Waals surface area contributed by atoms with E-state index in [4.69, 9.17) is 11.6 Å². The molecule has 0 bridgehead atoms. The van der Waals surface area contributed by atoms with Crippen molar-refractivity contribution >= 4 is 22.4 Å². The quantitative estimate of drug-likeness (QED) is 0.850. The molecule has 1 aromatic rings. The average Bonchev–Trinajstić information content (AvgIpc) is 2.74. The van der Waals surface area contributed by atoms with Crippen LogP contribution in [-0.4, -0.2) is 22.0 Å². The van der Waals surface area contributed by atoms with E-state index >= 15 is 0 Å². The summed E-state index contributed by atoms with van der Waals surface area (Å²) in [5.41, 5.74) is 1.34. The van der Waals surface area contributed by atoms with Gasteiger partial charge in [-0.15, -0.1) is 0 Å². The minimum Gasteiger partial charge on any atom is -0.312 e. The maximum atomic E-state index is 12.8. The van der Waals surface area contributed by atoms with Gasteiger partial charge in [-0.25, -0.2) is 0 Å². The van der Waals surface area contributed by atoms with Crippen molar-refractivity contribution < 1.29 is 4.21 Å². The Labute approximate surface area is 136 Å². The number of halogens is 1. The van der Waals surface area contributed by atoms with Gasteiger partial charge in [-0.1, -0.05) is 44.5 Å². The predicted molar refractivity (Wildman–Crippen MR) is 92.2 cm³/mol. The Balaban J connectivity index is 2.04. The molecule has 118 valence electrons. The highest BCUT2D eigenvalue weighted by molar-refractivity contribution is 7.84. The van der Waals surface area contributed by atoms with Gasteiger partial charge in [-0.2, -0.15) is 0 Å². The van der Waals surface area contributed by atoms with Crippen LogP contribution in [0.1, 0.15) is 45.6 Å². The largest absolute Gasteiger partial charge is 0.312 e. The molecule has 0 aliphatic heterocycles. The Kier molecular flexibility index (Phi) is 5.87. The second kappa shape index (κ2) is 7.26. The Morgan fingerprint density at radius 3 is 2.62 bits per heavy atom. The lowest BCUT2D eigenvalue weighted by atomic mass is 9.87. The SMILES string of the molecule is CCCNC1C(S(=O)Cc2ccc(Cl)cc2)CCC1(C)C. The third kappa shape index (κ3) is 4.30. The molecule has 3 unspecified atom stereocenters. The molecule has 2 nitrogen and oxygen atoms in total. The fraction of sp³-hybridized carbons (Fsp3) is 0.647. The van der Waals surface area contributed by atoms with E-state index in [1.807, 2.05) is 24.3 Å². The van der Waals surface area contributed by atoms with Crippen LogP contribution in [0.2, 0.25) is 5.02 Å². The first-order chi connectivity index (χ1) is 9.94. The van der Waals surface area contributed by atoms with Gasteiger partial charge in [-0.05, 0) is 48.9 Å². The smallest absolute Gasteiger partial charge is 0.0510 e. The van der Waals surface area contributed by atoms with Gasteiger partial charge >= 0.3 is 0 Å². The molecule has 1 aliphatic carbocycles. The predicted octanol–water partition coefficient (Wildman–Crippen LogP) is 4.15. The summed E-state index contributed by atoms with van der Waals surface area (Å²) in [6.45, 7) is 7.76. The second-order valence-electron chi connectivity index (χ2n) is 6.65. The van der Waals surface area contributed by atoms with Crippen molar-refractivity contribution in [1.29, 1.82) is 0 Å². The molecular formula is C17H26ClNOS. The highest BCUT2D eigenvalue weighted by Crippen LogP contribution is 2.40. The Morgan fingerprint density at radius 2 is 2.00 bits per heavy atom.